The number of sulfone groups is 1. The molecule has 1 amide bonds. The fourth-order valence-corrected chi connectivity index (χ4v) is 2.95. The first-order valence-corrected chi connectivity index (χ1v) is 8.85. The molecule has 0 aliphatic carbocycles. The summed E-state index contributed by atoms with van der Waals surface area (Å²) in [6, 6.07) is 8.88. The molecule has 118 valence electrons. The second-order valence-electron chi connectivity index (χ2n) is 5.36. The van der Waals surface area contributed by atoms with Crippen molar-refractivity contribution in [2.24, 2.45) is 7.05 Å². The van der Waals surface area contributed by atoms with Gasteiger partial charge in [-0.25, -0.2) is 8.42 Å². The van der Waals surface area contributed by atoms with Crippen LogP contribution >= 0.6 is 0 Å². The highest BCUT2D eigenvalue weighted by Gasteiger charge is 2.11. The van der Waals surface area contributed by atoms with E-state index < -0.39 is 9.84 Å². The van der Waals surface area contributed by atoms with E-state index in [1.165, 1.54) is 6.26 Å². The molecule has 0 aliphatic rings. The highest BCUT2D eigenvalue weighted by atomic mass is 32.2. The number of rotatable bonds is 5. The van der Waals surface area contributed by atoms with Crippen molar-refractivity contribution in [2.45, 2.75) is 19.2 Å². The number of benzene rings is 1. The van der Waals surface area contributed by atoms with Crippen LogP contribution in [0, 0.1) is 6.92 Å². The van der Waals surface area contributed by atoms with Crippen molar-refractivity contribution in [3.05, 3.63) is 52.8 Å². The molecule has 2 aromatic rings. The van der Waals surface area contributed by atoms with Crippen LogP contribution in [0.3, 0.4) is 0 Å². The highest BCUT2D eigenvalue weighted by Crippen LogP contribution is 2.08. The number of aromatic nitrogens is 2. The monoisotopic (exact) mass is 321 g/mol. The van der Waals surface area contributed by atoms with Crippen LogP contribution in [0.4, 0.5) is 0 Å². The van der Waals surface area contributed by atoms with Gasteiger partial charge in [0.15, 0.2) is 9.84 Å². The molecule has 0 radical (unpaired) electrons. The lowest BCUT2D eigenvalue weighted by atomic mass is 10.1. The number of nitrogens with zero attached hydrogens (tertiary/aromatic N) is 2. The Kier molecular flexibility index (Phi) is 4.65. The summed E-state index contributed by atoms with van der Waals surface area (Å²) in [6.45, 7) is 2.21. The first kappa shape index (κ1) is 16.2. The summed E-state index contributed by atoms with van der Waals surface area (Å²) in [5.74, 6) is -0.170. The Labute approximate surface area is 130 Å². The van der Waals surface area contributed by atoms with Crippen LogP contribution in [0.2, 0.25) is 0 Å². The Morgan fingerprint density at radius 1 is 1.23 bits per heavy atom. The number of hydrogen-bond acceptors (Lipinski definition) is 4. The molecule has 0 bridgehead atoms. The molecule has 0 unspecified atom stereocenters. The summed E-state index contributed by atoms with van der Waals surface area (Å²) < 4.78 is 24.0. The van der Waals surface area contributed by atoms with Gasteiger partial charge in [0, 0.05) is 19.8 Å². The average Bonchev–Trinajstić information content (AvgIpc) is 2.75. The van der Waals surface area contributed by atoms with Gasteiger partial charge in [-0.05, 0) is 24.1 Å². The smallest absolute Gasteiger partial charge is 0.269 e. The van der Waals surface area contributed by atoms with Gasteiger partial charge in [-0.3, -0.25) is 9.48 Å². The van der Waals surface area contributed by atoms with Gasteiger partial charge in [-0.2, -0.15) is 5.10 Å². The van der Waals surface area contributed by atoms with Crippen molar-refractivity contribution in [1.82, 2.24) is 15.1 Å². The lowest BCUT2D eigenvalue weighted by Gasteiger charge is -2.06. The number of nitrogens with one attached hydrogen (secondary N) is 1. The van der Waals surface area contributed by atoms with Gasteiger partial charge < -0.3 is 5.32 Å². The Morgan fingerprint density at radius 3 is 2.32 bits per heavy atom. The minimum Gasteiger partial charge on any atom is -0.347 e. The van der Waals surface area contributed by atoms with E-state index in [-0.39, 0.29) is 11.7 Å². The third-order valence-electron chi connectivity index (χ3n) is 3.14. The molecule has 7 heteroatoms. The van der Waals surface area contributed by atoms with Crippen LogP contribution in [-0.2, 0) is 29.2 Å². The molecular weight excluding hydrogens is 302 g/mol. The fourth-order valence-electron chi connectivity index (χ4n) is 2.15. The topological polar surface area (TPSA) is 81.1 Å². The quantitative estimate of drug-likeness (QED) is 0.897. The Morgan fingerprint density at radius 2 is 1.82 bits per heavy atom. The van der Waals surface area contributed by atoms with Crippen LogP contribution < -0.4 is 5.32 Å². The Hall–Kier alpha value is -2.15. The minimum atomic E-state index is -3.03. The zero-order chi connectivity index (χ0) is 16.3. The molecule has 0 atom stereocenters. The van der Waals surface area contributed by atoms with Crippen molar-refractivity contribution in [2.75, 3.05) is 6.26 Å². The van der Waals surface area contributed by atoms with Crippen molar-refractivity contribution in [3.8, 4) is 0 Å². The van der Waals surface area contributed by atoms with E-state index in [2.05, 4.69) is 10.4 Å². The van der Waals surface area contributed by atoms with Gasteiger partial charge in [0.25, 0.3) is 5.91 Å². The van der Waals surface area contributed by atoms with E-state index in [1.54, 1.807) is 29.9 Å². The van der Waals surface area contributed by atoms with Crippen molar-refractivity contribution in [1.29, 1.82) is 0 Å². The van der Waals surface area contributed by atoms with Gasteiger partial charge in [0.05, 0.1) is 11.4 Å². The molecule has 1 aromatic heterocycles. The number of hydrogen-bond donors (Lipinski definition) is 1. The number of amides is 1. The SMILES string of the molecule is Cc1cc(C(=O)NCc2ccc(CS(C)(=O)=O)cc2)n(C)n1. The first-order valence-electron chi connectivity index (χ1n) is 6.79. The van der Waals surface area contributed by atoms with E-state index in [0.717, 1.165) is 16.8 Å². The van der Waals surface area contributed by atoms with Crippen molar-refractivity contribution in [3.63, 3.8) is 0 Å². The lowest BCUT2D eigenvalue weighted by Crippen LogP contribution is -2.25. The fraction of sp³-hybridized carbons (Fsp3) is 0.333. The highest BCUT2D eigenvalue weighted by molar-refractivity contribution is 7.89. The van der Waals surface area contributed by atoms with Crippen molar-refractivity contribution < 1.29 is 13.2 Å². The van der Waals surface area contributed by atoms with E-state index in [1.807, 2.05) is 19.1 Å². The molecule has 1 aromatic carbocycles. The van der Waals surface area contributed by atoms with Gasteiger partial charge in [0.2, 0.25) is 0 Å². The lowest BCUT2D eigenvalue weighted by molar-refractivity contribution is 0.0941. The molecule has 0 spiro atoms. The second-order valence-corrected chi connectivity index (χ2v) is 7.50. The maximum atomic E-state index is 12.1. The van der Waals surface area contributed by atoms with Gasteiger partial charge in [0.1, 0.15) is 5.69 Å². The summed E-state index contributed by atoms with van der Waals surface area (Å²) in [6.07, 6.45) is 1.21. The molecule has 0 saturated carbocycles. The molecule has 1 N–H and O–H groups in total. The third-order valence-corrected chi connectivity index (χ3v) is 4.00. The number of carbonyl (C=O) groups excluding carboxylic acids is 1. The van der Waals surface area contributed by atoms with Gasteiger partial charge >= 0.3 is 0 Å². The van der Waals surface area contributed by atoms with E-state index in [0.29, 0.717) is 12.2 Å². The molecular formula is C15H19N3O3S. The van der Waals surface area contributed by atoms with Crippen LogP contribution in [0.25, 0.3) is 0 Å². The van der Waals surface area contributed by atoms with E-state index in [9.17, 15) is 13.2 Å². The normalized spacial score (nSPS) is 11.4. The number of aryl methyl sites for hydroxylation is 2. The van der Waals surface area contributed by atoms with Crippen LogP contribution in [0.15, 0.2) is 30.3 Å². The third kappa shape index (κ3) is 4.42. The molecule has 6 nitrogen and oxygen atoms in total. The molecule has 0 fully saturated rings. The maximum absolute atomic E-state index is 12.1. The molecule has 0 saturated heterocycles. The Bertz CT molecular complexity index is 777. The van der Waals surface area contributed by atoms with Gasteiger partial charge in [-0.15, -0.1) is 0 Å². The largest absolute Gasteiger partial charge is 0.347 e. The summed E-state index contributed by atoms with van der Waals surface area (Å²) >= 11 is 0. The molecule has 1 heterocycles. The van der Waals surface area contributed by atoms with Crippen molar-refractivity contribution >= 4 is 15.7 Å². The minimum absolute atomic E-state index is 0.0218. The summed E-state index contributed by atoms with van der Waals surface area (Å²) in [4.78, 5) is 12.1. The summed E-state index contributed by atoms with van der Waals surface area (Å²) in [5.41, 5.74) is 2.94. The average molecular weight is 321 g/mol. The van der Waals surface area contributed by atoms with E-state index >= 15 is 0 Å². The predicted octanol–water partition coefficient (Wildman–Crippen LogP) is 1.20. The van der Waals surface area contributed by atoms with Crippen LogP contribution in [0.5, 0.6) is 0 Å². The molecule has 22 heavy (non-hydrogen) atoms. The maximum Gasteiger partial charge on any atom is 0.269 e. The van der Waals surface area contributed by atoms with Gasteiger partial charge in [-0.1, -0.05) is 24.3 Å². The zero-order valence-electron chi connectivity index (χ0n) is 12.8. The zero-order valence-corrected chi connectivity index (χ0v) is 13.6. The molecule has 2 rings (SSSR count). The van der Waals surface area contributed by atoms with E-state index in [4.69, 9.17) is 0 Å². The summed E-state index contributed by atoms with van der Waals surface area (Å²) in [5, 5.41) is 6.95. The second kappa shape index (κ2) is 6.31. The molecule has 0 aliphatic heterocycles. The number of carbonyl (C=O) groups is 1. The van der Waals surface area contributed by atoms with Crippen LogP contribution in [0.1, 0.15) is 27.3 Å². The summed E-state index contributed by atoms with van der Waals surface area (Å²) in [7, 11) is -1.31. The first-order chi connectivity index (χ1) is 10.2. The Balaban J connectivity index is 1.97. The van der Waals surface area contributed by atoms with Crippen LogP contribution in [-0.4, -0.2) is 30.4 Å². The predicted molar refractivity (Wildman–Crippen MR) is 84.1 cm³/mol. The standard InChI is InChI=1S/C15H19N3O3S/c1-11-8-14(18(2)17-11)15(19)16-9-12-4-6-13(7-5-12)10-22(3,20)21/h4-8H,9-10H2,1-3H3,(H,16,19).